The van der Waals surface area contributed by atoms with Crippen LogP contribution in [0.1, 0.15) is 33.0 Å². The van der Waals surface area contributed by atoms with Crippen molar-refractivity contribution in [3.8, 4) is 0 Å². The van der Waals surface area contributed by atoms with Crippen molar-refractivity contribution < 1.29 is 4.74 Å². The van der Waals surface area contributed by atoms with Crippen molar-refractivity contribution in [2.24, 2.45) is 5.84 Å². The molecule has 2 rings (SSSR count). The standard InChI is InChI=1S/C12H21N5O/c1-4-9-14-10(7-11(15-9)17-13)16-12(3)5-6-18-8(12)2/h7-8H,4-6,13H2,1-3H3,(H2,14,15,16,17). The van der Waals surface area contributed by atoms with E-state index in [9.17, 15) is 0 Å². The fourth-order valence-electron chi connectivity index (χ4n) is 2.08. The molecule has 2 atom stereocenters. The second kappa shape index (κ2) is 5.07. The maximum Gasteiger partial charge on any atom is 0.145 e. The Hall–Kier alpha value is -1.40. The van der Waals surface area contributed by atoms with E-state index in [-0.39, 0.29) is 11.6 Å². The zero-order chi connectivity index (χ0) is 13.2. The maximum absolute atomic E-state index is 5.61. The van der Waals surface area contributed by atoms with Gasteiger partial charge in [-0.05, 0) is 20.3 Å². The molecule has 6 heteroatoms. The molecule has 2 unspecified atom stereocenters. The van der Waals surface area contributed by atoms with Crippen LogP contribution in [0.3, 0.4) is 0 Å². The second-order valence-electron chi connectivity index (χ2n) is 4.86. The van der Waals surface area contributed by atoms with Gasteiger partial charge in [0.15, 0.2) is 0 Å². The first-order valence-corrected chi connectivity index (χ1v) is 6.32. The Labute approximate surface area is 107 Å². The molecule has 0 radical (unpaired) electrons. The number of ether oxygens (including phenoxy) is 1. The summed E-state index contributed by atoms with van der Waals surface area (Å²) < 4.78 is 5.61. The summed E-state index contributed by atoms with van der Waals surface area (Å²) in [7, 11) is 0. The third-order valence-electron chi connectivity index (χ3n) is 3.54. The number of hydrogen-bond acceptors (Lipinski definition) is 6. The van der Waals surface area contributed by atoms with Crippen LogP contribution < -0.4 is 16.6 Å². The Morgan fingerprint density at radius 2 is 2.22 bits per heavy atom. The van der Waals surface area contributed by atoms with Gasteiger partial charge in [0.05, 0.1) is 11.6 Å². The lowest BCUT2D eigenvalue weighted by atomic mass is 9.95. The largest absolute Gasteiger partial charge is 0.376 e. The minimum Gasteiger partial charge on any atom is -0.376 e. The van der Waals surface area contributed by atoms with E-state index >= 15 is 0 Å². The van der Waals surface area contributed by atoms with Crippen LogP contribution in [-0.4, -0.2) is 28.2 Å². The van der Waals surface area contributed by atoms with Gasteiger partial charge in [0.25, 0.3) is 0 Å². The van der Waals surface area contributed by atoms with Gasteiger partial charge in [-0.25, -0.2) is 15.8 Å². The van der Waals surface area contributed by atoms with Crippen LogP contribution in [-0.2, 0) is 11.2 Å². The number of hydrogen-bond donors (Lipinski definition) is 3. The van der Waals surface area contributed by atoms with E-state index in [0.29, 0.717) is 5.82 Å². The molecule has 1 aliphatic rings. The molecule has 0 spiro atoms. The molecule has 18 heavy (non-hydrogen) atoms. The van der Waals surface area contributed by atoms with Gasteiger partial charge < -0.3 is 15.5 Å². The van der Waals surface area contributed by atoms with Crippen molar-refractivity contribution in [2.75, 3.05) is 17.3 Å². The van der Waals surface area contributed by atoms with Crippen molar-refractivity contribution in [1.82, 2.24) is 9.97 Å². The number of aryl methyl sites for hydroxylation is 1. The van der Waals surface area contributed by atoms with Crippen LogP contribution in [0.4, 0.5) is 11.6 Å². The molecule has 100 valence electrons. The normalized spacial score (nSPS) is 27.2. The summed E-state index contributed by atoms with van der Waals surface area (Å²) in [6.07, 6.45) is 1.89. The van der Waals surface area contributed by atoms with Crippen LogP contribution in [0.5, 0.6) is 0 Å². The number of anilines is 2. The number of nitrogens with zero attached hydrogens (tertiary/aromatic N) is 2. The lowest BCUT2D eigenvalue weighted by Gasteiger charge is -2.29. The first kappa shape index (κ1) is 13.0. The van der Waals surface area contributed by atoms with Crippen LogP contribution in [0.2, 0.25) is 0 Å². The Morgan fingerprint density at radius 1 is 1.50 bits per heavy atom. The van der Waals surface area contributed by atoms with Gasteiger partial charge in [0.2, 0.25) is 0 Å². The molecule has 0 amide bonds. The Bertz CT molecular complexity index is 403. The topological polar surface area (TPSA) is 85.1 Å². The summed E-state index contributed by atoms with van der Waals surface area (Å²) in [5.74, 6) is 7.60. The Balaban J connectivity index is 2.22. The summed E-state index contributed by atoms with van der Waals surface area (Å²) in [5, 5.41) is 3.44. The highest BCUT2D eigenvalue weighted by atomic mass is 16.5. The van der Waals surface area contributed by atoms with Gasteiger partial charge >= 0.3 is 0 Å². The monoisotopic (exact) mass is 251 g/mol. The van der Waals surface area contributed by atoms with E-state index in [1.807, 2.05) is 13.0 Å². The Morgan fingerprint density at radius 3 is 2.78 bits per heavy atom. The number of nitrogen functional groups attached to an aromatic ring is 1. The molecule has 1 aromatic heterocycles. The first-order chi connectivity index (χ1) is 8.57. The van der Waals surface area contributed by atoms with E-state index < -0.39 is 0 Å². The van der Waals surface area contributed by atoms with E-state index in [4.69, 9.17) is 10.6 Å². The van der Waals surface area contributed by atoms with Gasteiger partial charge in [-0.2, -0.15) is 0 Å². The van der Waals surface area contributed by atoms with Crippen molar-refractivity contribution in [1.29, 1.82) is 0 Å². The van der Waals surface area contributed by atoms with Crippen LogP contribution in [0.25, 0.3) is 0 Å². The number of nitrogens with one attached hydrogen (secondary N) is 2. The number of hydrazine groups is 1. The predicted octanol–water partition coefficient (Wildman–Crippen LogP) is 1.30. The third kappa shape index (κ3) is 2.54. The smallest absolute Gasteiger partial charge is 0.145 e. The van der Waals surface area contributed by atoms with Gasteiger partial charge in [-0.1, -0.05) is 6.92 Å². The van der Waals surface area contributed by atoms with Crippen LogP contribution >= 0.6 is 0 Å². The zero-order valence-electron chi connectivity index (χ0n) is 11.2. The number of aromatic nitrogens is 2. The second-order valence-corrected chi connectivity index (χ2v) is 4.86. The van der Waals surface area contributed by atoms with Gasteiger partial charge in [0.1, 0.15) is 17.5 Å². The summed E-state index contributed by atoms with van der Waals surface area (Å²) in [6, 6.07) is 1.81. The molecule has 4 N–H and O–H groups in total. The molecule has 1 aliphatic heterocycles. The van der Waals surface area contributed by atoms with Crippen LogP contribution in [0, 0.1) is 0 Å². The molecule has 2 heterocycles. The van der Waals surface area contributed by atoms with Crippen molar-refractivity contribution in [2.45, 2.75) is 45.3 Å². The van der Waals surface area contributed by atoms with Gasteiger partial charge in [0, 0.05) is 19.1 Å². The molecule has 0 saturated carbocycles. The quantitative estimate of drug-likeness (QED) is 0.552. The summed E-state index contributed by atoms with van der Waals surface area (Å²) >= 11 is 0. The highest BCUT2D eigenvalue weighted by Gasteiger charge is 2.37. The fraction of sp³-hybridized carbons (Fsp3) is 0.667. The summed E-state index contributed by atoms with van der Waals surface area (Å²) in [4.78, 5) is 8.74. The lowest BCUT2D eigenvalue weighted by molar-refractivity contribution is 0.105. The maximum atomic E-state index is 5.61. The number of nitrogens with two attached hydrogens (primary N) is 1. The van der Waals surface area contributed by atoms with Crippen molar-refractivity contribution in [3.05, 3.63) is 11.9 Å². The van der Waals surface area contributed by atoms with E-state index in [2.05, 4.69) is 34.6 Å². The van der Waals surface area contributed by atoms with E-state index in [0.717, 1.165) is 31.1 Å². The third-order valence-corrected chi connectivity index (χ3v) is 3.54. The SMILES string of the molecule is CCc1nc(NN)cc(NC2(C)CCOC2C)n1. The van der Waals surface area contributed by atoms with E-state index in [1.165, 1.54) is 0 Å². The average molecular weight is 251 g/mol. The van der Waals surface area contributed by atoms with Crippen LogP contribution in [0.15, 0.2) is 6.07 Å². The zero-order valence-corrected chi connectivity index (χ0v) is 11.2. The molecule has 1 saturated heterocycles. The molecule has 0 aliphatic carbocycles. The molecule has 0 aromatic carbocycles. The van der Waals surface area contributed by atoms with Crippen molar-refractivity contribution in [3.63, 3.8) is 0 Å². The molecular weight excluding hydrogens is 230 g/mol. The number of rotatable bonds is 4. The summed E-state index contributed by atoms with van der Waals surface area (Å²) in [5.41, 5.74) is 2.48. The minimum absolute atomic E-state index is 0.0920. The molecular formula is C12H21N5O. The van der Waals surface area contributed by atoms with Gasteiger partial charge in [-0.3, -0.25) is 0 Å². The summed E-state index contributed by atoms with van der Waals surface area (Å²) in [6.45, 7) is 7.01. The first-order valence-electron chi connectivity index (χ1n) is 6.32. The van der Waals surface area contributed by atoms with Crippen molar-refractivity contribution >= 4 is 11.6 Å². The minimum atomic E-state index is -0.0920. The van der Waals surface area contributed by atoms with E-state index in [1.54, 1.807) is 0 Å². The Kier molecular flexibility index (Phi) is 3.68. The molecule has 6 nitrogen and oxygen atoms in total. The highest BCUT2D eigenvalue weighted by Crippen LogP contribution is 2.29. The lowest BCUT2D eigenvalue weighted by Crippen LogP contribution is -2.41. The average Bonchev–Trinajstić information content (AvgIpc) is 2.68. The van der Waals surface area contributed by atoms with Gasteiger partial charge in [-0.15, -0.1) is 0 Å². The highest BCUT2D eigenvalue weighted by molar-refractivity contribution is 5.48. The molecule has 0 bridgehead atoms. The molecule has 1 fully saturated rings. The predicted molar refractivity (Wildman–Crippen MR) is 71.3 cm³/mol. The fourth-order valence-corrected chi connectivity index (χ4v) is 2.08. The molecule has 1 aromatic rings.